The molecule has 2 rings (SSSR count). The number of carbonyl (C=O) groups excluding carboxylic acids is 1. The number of allylic oxidation sites excluding steroid dienone is 8. The topological polar surface area (TPSA) is 44.8 Å². The van der Waals surface area contributed by atoms with Crippen LogP contribution in [0, 0.1) is 5.92 Å². The Bertz CT molecular complexity index is 632. The molecule has 2 aliphatic carbocycles. The molecule has 128 valence electrons. The number of hydrogen-bond acceptors (Lipinski definition) is 4. The molecule has 0 aromatic heterocycles. The first-order valence-corrected chi connectivity index (χ1v) is 8.07. The quantitative estimate of drug-likeness (QED) is 0.669. The Kier molecular flexibility index (Phi) is 6.82. The standard InChI is InChI=1S/C20H24O4/c1-4-24-17-8-6-16(7-9-17)20(21)12-5-15-13-18(22-2)10-11-19(14-15)23-3/h5-6,8-14,16,18H,4,7H2,1-3H3/b12-5+/t16-,18+/m1/s1. The lowest BCUT2D eigenvalue weighted by Crippen LogP contribution is -2.11. The van der Waals surface area contributed by atoms with Gasteiger partial charge in [-0.25, -0.2) is 0 Å². The third kappa shape index (κ3) is 5.10. The lowest BCUT2D eigenvalue weighted by molar-refractivity contribution is -0.116. The van der Waals surface area contributed by atoms with Gasteiger partial charge in [0.15, 0.2) is 5.78 Å². The highest BCUT2D eigenvalue weighted by Crippen LogP contribution is 2.20. The van der Waals surface area contributed by atoms with Crippen molar-refractivity contribution in [3.63, 3.8) is 0 Å². The maximum atomic E-state index is 12.4. The molecule has 0 heterocycles. The minimum Gasteiger partial charge on any atom is -0.497 e. The largest absolute Gasteiger partial charge is 0.497 e. The lowest BCUT2D eigenvalue weighted by atomic mass is 9.95. The van der Waals surface area contributed by atoms with Crippen LogP contribution in [0.25, 0.3) is 0 Å². The predicted octanol–water partition coefficient (Wildman–Crippen LogP) is 3.65. The average molecular weight is 328 g/mol. The van der Waals surface area contributed by atoms with E-state index in [2.05, 4.69) is 0 Å². The van der Waals surface area contributed by atoms with Crippen LogP contribution in [0.1, 0.15) is 13.3 Å². The molecular formula is C20H24O4. The normalized spacial score (nSPS) is 23.4. The molecule has 4 heteroatoms. The van der Waals surface area contributed by atoms with E-state index in [1.54, 1.807) is 26.4 Å². The third-order valence-electron chi connectivity index (χ3n) is 3.81. The first kappa shape index (κ1) is 18.0. The van der Waals surface area contributed by atoms with Crippen LogP contribution in [0.15, 0.2) is 71.8 Å². The lowest BCUT2D eigenvalue weighted by Gasteiger charge is -2.13. The smallest absolute Gasteiger partial charge is 0.162 e. The molecule has 0 bridgehead atoms. The van der Waals surface area contributed by atoms with Gasteiger partial charge in [-0.3, -0.25) is 4.79 Å². The highest BCUT2D eigenvalue weighted by Gasteiger charge is 2.15. The summed E-state index contributed by atoms with van der Waals surface area (Å²) in [6.45, 7) is 2.57. The van der Waals surface area contributed by atoms with Gasteiger partial charge in [0.1, 0.15) is 11.5 Å². The van der Waals surface area contributed by atoms with Crippen molar-refractivity contribution >= 4 is 5.78 Å². The molecule has 0 fully saturated rings. The number of rotatable bonds is 7. The van der Waals surface area contributed by atoms with Crippen molar-refractivity contribution in [1.82, 2.24) is 0 Å². The molecule has 0 unspecified atom stereocenters. The zero-order valence-corrected chi connectivity index (χ0v) is 14.4. The van der Waals surface area contributed by atoms with Crippen molar-refractivity contribution in [3.8, 4) is 0 Å². The Balaban J connectivity index is 2.03. The second-order valence-electron chi connectivity index (χ2n) is 5.45. The summed E-state index contributed by atoms with van der Waals surface area (Å²) in [7, 11) is 3.26. The van der Waals surface area contributed by atoms with Crippen LogP contribution in [0.3, 0.4) is 0 Å². The summed E-state index contributed by atoms with van der Waals surface area (Å²) in [5, 5.41) is 0. The molecule has 24 heavy (non-hydrogen) atoms. The van der Waals surface area contributed by atoms with E-state index >= 15 is 0 Å². The first-order chi connectivity index (χ1) is 11.7. The highest BCUT2D eigenvalue weighted by molar-refractivity contribution is 5.93. The summed E-state index contributed by atoms with van der Waals surface area (Å²) < 4.78 is 16.0. The summed E-state index contributed by atoms with van der Waals surface area (Å²) in [6, 6.07) is 0. The van der Waals surface area contributed by atoms with Crippen LogP contribution >= 0.6 is 0 Å². The SMILES string of the molecule is CCOC1=CC[C@H](C(=O)/C=C/C2=C[C@@H](OC)C=CC(OC)=C2)C=C1. The Morgan fingerprint density at radius 1 is 1.25 bits per heavy atom. The number of methoxy groups -OCH3 is 2. The second kappa shape index (κ2) is 9.08. The van der Waals surface area contributed by atoms with Crippen LogP contribution in [-0.2, 0) is 19.0 Å². The molecule has 0 spiro atoms. The molecule has 0 N–H and O–H groups in total. The number of hydrogen-bond donors (Lipinski definition) is 0. The van der Waals surface area contributed by atoms with Gasteiger partial charge in [-0.05, 0) is 61.4 Å². The zero-order valence-electron chi connectivity index (χ0n) is 14.4. The van der Waals surface area contributed by atoms with Gasteiger partial charge in [-0.2, -0.15) is 0 Å². The molecule has 2 atom stereocenters. The number of ketones is 1. The van der Waals surface area contributed by atoms with Crippen LogP contribution in [0.2, 0.25) is 0 Å². The molecule has 0 saturated carbocycles. The Morgan fingerprint density at radius 2 is 2.04 bits per heavy atom. The summed E-state index contributed by atoms with van der Waals surface area (Å²) in [4.78, 5) is 12.4. The second-order valence-corrected chi connectivity index (χ2v) is 5.45. The van der Waals surface area contributed by atoms with Crippen molar-refractivity contribution in [2.24, 2.45) is 5.92 Å². The monoisotopic (exact) mass is 328 g/mol. The highest BCUT2D eigenvalue weighted by atomic mass is 16.5. The van der Waals surface area contributed by atoms with E-state index in [0.717, 1.165) is 17.1 Å². The van der Waals surface area contributed by atoms with Crippen molar-refractivity contribution < 1.29 is 19.0 Å². The van der Waals surface area contributed by atoms with Gasteiger partial charge in [0, 0.05) is 13.0 Å². The third-order valence-corrected chi connectivity index (χ3v) is 3.81. The molecule has 0 aromatic rings. The predicted molar refractivity (Wildman–Crippen MR) is 94.2 cm³/mol. The molecule has 0 aromatic carbocycles. The molecule has 0 saturated heterocycles. The van der Waals surface area contributed by atoms with Crippen LogP contribution in [0.5, 0.6) is 0 Å². The van der Waals surface area contributed by atoms with Gasteiger partial charge >= 0.3 is 0 Å². The van der Waals surface area contributed by atoms with E-state index in [0.29, 0.717) is 13.0 Å². The van der Waals surface area contributed by atoms with Gasteiger partial charge < -0.3 is 14.2 Å². The minimum absolute atomic E-state index is 0.0671. The Labute approximate surface area is 143 Å². The van der Waals surface area contributed by atoms with Gasteiger partial charge in [0.05, 0.1) is 19.8 Å². The summed E-state index contributed by atoms with van der Waals surface area (Å²) in [5.74, 6) is 1.48. The fourth-order valence-corrected chi connectivity index (χ4v) is 2.46. The molecule has 4 nitrogen and oxygen atoms in total. The molecule has 2 aliphatic rings. The van der Waals surface area contributed by atoms with Gasteiger partial charge in [0.2, 0.25) is 0 Å². The fraction of sp³-hybridized carbons (Fsp3) is 0.350. The fourth-order valence-electron chi connectivity index (χ4n) is 2.46. The minimum atomic E-state index is -0.144. The summed E-state index contributed by atoms with van der Waals surface area (Å²) in [6.07, 6.45) is 17.2. The van der Waals surface area contributed by atoms with Crippen LogP contribution in [0.4, 0.5) is 0 Å². The van der Waals surface area contributed by atoms with Crippen molar-refractivity contribution in [2.75, 3.05) is 20.8 Å². The molecule has 0 aliphatic heterocycles. The van der Waals surface area contributed by atoms with E-state index in [1.165, 1.54) is 0 Å². The van der Waals surface area contributed by atoms with Crippen LogP contribution < -0.4 is 0 Å². The van der Waals surface area contributed by atoms with Gasteiger partial charge in [0.25, 0.3) is 0 Å². The zero-order chi connectivity index (χ0) is 17.4. The Morgan fingerprint density at radius 3 is 2.67 bits per heavy atom. The maximum absolute atomic E-state index is 12.4. The van der Waals surface area contributed by atoms with Crippen molar-refractivity contribution in [1.29, 1.82) is 0 Å². The van der Waals surface area contributed by atoms with E-state index < -0.39 is 0 Å². The molecule has 0 amide bonds. The van der Waals surface area contributed by atoms with Crippen molar-refractivity contribution in [2.45, 2.75) is 19.4 Å². The van der Waals surface area contributed by atoms with Crippen LogP contribution in [-0.4, -0.2) is 32.7 Å². The van der Waals surface area contributed by atoms with Crippen molar-refractivity contribution in [3.05, 3.63) is 71.8 Å². The van der Waals surface area contributed by atoms with E-state index in [-0.39, 0.29) is 17.8 Å². The molecule has 0 radical (unpaired) electrons. The number of ether oxygens (including phenoxy) is 3. The van der Waals surface area contributed by atoms with E-state index in [1.807, 2.05) is 49.5 Å². The van der Waals surface area contributed by atoms with Gasteiger partial charge in [-0.15, -0.1) is 0 Å². The van der Waals surface area contributed by atoms with E-state index in [4.69, 9.17) is 14.2 Å². The number of carbonyl (C=O) groups is 1. The Hall–Kier alpha value is -2.33. The average Bonchev–Trinajstić information content (AvgIpc) is 2.82. The first-order valence-electron chi connectivity index (χ1n) is 8.07. The summed E-state index contributed by atoms with van der Waals surface area (Å²) in [5.41, 5.74) is 0.877. The van der Waals surface area contributed by atoms with E-state index in [9.17, 15) is 4.79 Å². The summed E-state index contributed by atoms with van der Waals surface area (Å²) >= 11 is 0. The van der Waals surface area contributed by atoms with Gasteiger partial charge in [-0.1, -0.05) is 12.2 Å². The maximum Gasteiger partial charge on any atom is 0.162 e. The molecular weight excluding hydrogens is 304 g/mol.